The van der Waals surface area contributed by atoms with Crippen molar-refractivity contribution >= 4 is 27.5 Å². The molecule has 2 N–H and O–H groups in total. The number of carbonyl (C=O) groups is 2. The zero-order chi connectivity index (χ0) is 24.9. The van der Waals surface area contributed by atoms with Gasteiger partial charge in [0.2, 0.25) is 15.9 Å². The molecular formula is C24H32N4O5S. The van der Waals surface area contributed by atoms with Crippen molar-refractivity contribution in [3.05, 3.63) is 53.6 Å². The molecule has 1 fully saturated rings. The van der Waals surface area contributed by atoms with Crippen LogP contribution in [0.3, 0.4) is 0 Å². The van der Waals surface area contributed by atoms with Gasteiger partial charge in [0.1, 0.15) is 5.75 Å². The Morgan fingerprint density at radius 2 is 1.71 bits per heavy atom. The monoisotopic (exact) mass is 488 g/mol. The lowest BCUT2D eigenvalue weighted by Gasteiger charge is -2.32. The molecule has 3 rings (SSSR count). The fraction of sp³-hybridized carbons (Fsp3) is 0.417. The molecule has 1 aliphatic heterocycles. The summed E-state index contributed by atoms with van der Waals surface area (Å²) < 4.78 is 33.3. The second-order valence-electron chi connectivity index (χ2n) is 8.37. The minimum atomic E-state index is -3.91. The van der Waals surface area contributed by atoms with Crippen LogP contribution in [0.4, 0.5) is 5.69 Å². The van der Waals surface area contributed by atoms with Crippen LogP contribution in [0, 0.1) is 6.92 Å². The van der Waals surface area contributed by atoms with E-state index in [0.29, 0.717) is 42.3 Å². The van der Waals surface area contributed by atoms with Crippen LogP contribution in [0.2, 0.25) is 0 Å². The number of rotatable bonds is 8. The molecule has 1 saturated heterocycles. The predicted octanol–water partition coefficient (Wildman–Crippen LogP) is 2.09. The lowest BCUT2D eigenvalue weighted by atomic mass is 10.1. The van der Waals surface area contributed by atoms with Gasteiger partial charge in [-0.15, -0.1) is 0 Å². The summed E-state index contributed by atoms with van der Waals surface area (Å²) in [5, 5.41) is 2.69. The normalized spacial score (nSPS) is 15.6. The molecule has 184 valence electrons. The van der Waals surface area contributed by atoms with Gasteiger partial charge in [0.15, 0.2) is 0 Å². The van der Waals surface area contributed by atoms with Gasteiger partial charge in [0.05, 0.1) is 17.5 Å². The Labute approximate surface area is 201 Å². The highest BCUT2D eigenvalue weighted by Gasteiger charge is 2.23. The number of likely N-dealkylation sites (N-methyl/N-ethyl adjacent to an activating group) is 1. The van der Waals surface area contributed by atoms with Crippen LogP contribution in [0.15, 0.2) is 47.4 Å². The molecular weight excluding hydrogens is 456 g/mol. The highest BCUT2D eigenvalue weighted by molar-refractivity contribution is 7.89. The van der Waals surface area contributed by atoms with E-state index in [1.165, 1.54) is 19.1 Å². The Hall–Kier alpha value is -2.95. The van der Waals surface area contributed by atoms with Gasteiger partial charge < -0.3 is 19.9 Å². The van der Waals surface area contributed by atoms with Crippen LogP contribution in [0.25, 0.3) is 0 Å². The van der Waals surface area contributed by atoms with E-state index in [2.05, 4.69) is 14.9 Å². The highest BCUT2D eigenvalue weighted by atomic mass is 32.2. The summed E-state index contributed by atoms with van der Waals surface area (Å²) >= 11 is 0. The van der Waals surface area contributed by atoms with Crippen molar-refractivity contribution in [3.8, 4) is 5.75 Å². The lowest BCUT2D eigenvalue weighted by Crippen LogP contribution is -2.47. The van der Waals surface area contributed by atoms with Crippen LogP contribution >= 0.6 is 0 Å². The van der Waals surface area contributed by atoms with E-state index in [1.54, 1.807) is 37.3 Å². The second-order valence-corrected chi connectivity index (χ2v) is 10.1. The summed E-state index contributed by atoms with van der Waals surface area (Å²) in [6.07, 6.45) is 0. The zero-order valence-electron chi connectivity index (χ0n) is 20.0. The van der Waals surface area contributed by atoms with Crippen molar-refractivity contribution in [1.29, 1.82) is 0 Å². The third kappa shape index (κ3) is 6.34. The number of benzene rings is 2. The third-order valence-corrected chi connectivity index (χ3v) is 7.21. The first kappa shape index (κ1) is 25.7. The minimum absolute atomic E-state index is 0.0437. The van der Waals surface area contributed by atoms with E-state index in [1.807, 2.05) is 18.9 Å². The third-order valence-electron chi connectivity index (χ3n) is 5.67. The number of sulfonamides is 1. The van der Waals surface area contributed by atoms with E-state index < -0.39 is 22.0 Å². The molecule has 2 amide bonds. The predicted molar refractivity (Wildman–Crippen MR) is 131 cm³/mol. The zero-order valence-corrected chi connectivity index (χ0v) is 20.8. The number of piperazine rings is 1. The summed E-state index contributed by atoms with van der Waals surface area (Å²) in [6.45, 7) is 8.60. The summed E-state index contributed by atoms with van der Waals surface area (Å²) in [6, 6.07) is 10.1. The maximum atomic E-state index is 12.7. The number of ether oxygens (including phenoxy) is 1. The van der Waals surface area contributed by atoms with Crippen molar-refractivity contribution < 1.29 is 22.7 Å². The Morgan fingerprint density at radius 1 is 1.06 bits per heavy atom. The van der Waals surface area contributed by atoms with Gasteiger partial charge in [0.25, 0.3) is 5.91 Å². The number of nitrogens with zero attached hydrogens (tertiary/aromatic N) is 2. The standard InChI is InChI=1S/C24H32N4O5S/c1-5-33-22-11-10-21(16-17(22)2)34(31,32)26-18(3)23(29)25-20-8-6-19(7-9-20)24(30)28-14-12-27(4)13-15-28/h6-11,16,18,26H,5,12-15H2,1-4H3,(H,25,29). The Bertz CT molecular complexity index is 1130. The van der Waals surface area contributed by atoms with Crippen LogP contribution in [-0.2, 0) is 14.8 Å². The maximum Gasteiger partial charge on any atom is 0.253 e. The summed E-state index contributed by atoms with van der Waals surface area (Å²) in [5.41, 5.74) is 1.71. The van der Waals surface area contributed by atoms with Gasteiger partial charge in [0, 0.05) is 37.4 Å². The molecule has 1 atom stereocenters. The molecule has 2 aromatic rings. The first-order valence-corrected chi connectivity index (χ1v) is 12.7. The van der Waals surface area contributed by atoms with E-state index >= 15 is 0 Å². The van der Waals surface area contributed by atoms with E-state index in [9.17, 15) is 18.0 Å². The lowest BCUT2D eigenvalue weighted by molar-refractivity contribution is -0.117. The average molecular weight is 489 g/mol. The molecule has 34 heavy (non-hydrogen) atoms. The molecule has 0 aromatic heterocycles. The summed E-state index contributed by atoms with van der Waals surface area (Å²) in [5.74, 6) is 0.0592. The van der Waals surface area contributed by atoms with Crippen molar-refractivity contribution in [2.45, 2.75) is 31.7 Å². The van der Waals surface area contributed by atoms with Crippen LogP contribution in [0.5, 0.6) is 5.75 Å². The van der Waals surface area contributed by atoms with Gasteiger partial charge in [-0.2, -0.15) is 4.72 Å². The van der Waals surface area contributed by atoms with Crippen LogP contribution in [0.1, 0.15) is 29.8 Å². The van der Waals surface area contributed by atoms with Gasteiger partial charge in [-0.1, -0.05) is 0 Å². The van der Waals surface area contributed by atoms with Gasteiger partial charge in [-0.05, 0) is 75.8 Å². The maximum absolute atomic E-state index is 12.7. The van der Waals surface area contributed by atoms with E-state index in [4.69, 9.17) is 4.74 Å². The topological polar surface area (TPSA) is 108 Å². The minimum Gasteiger partial charge on any atom is -0.494 e. The smallest absolute Gasteiger partial charge is 0.253 e. The number of carbonyl (C=O) groups excluding carboxylic acids is 2. The number of hydrogen-bond acceptors (Lipinski definition) is 6. The van der Waals surface area contributed by atoms with Crippen LogP contribution in [-0.4, -0.2) is 75.9 Å². The second kappa shape index (κ2) is 11.0. The first-order valence-electron chi connectivity index (χ1n) is 11.2. The van der Waals surface area contributed by atoms with E-state index in [-0.39, 0.29) is 10.8 Å². The SMILES string of the molecule is CCOc1ccc(S(=O)(=O)NC(C)C(=O)Nc2ccc(C(=O)N3CCN(C)CC3)cc2)cc1C. The van der Waals surface area contributed by atoms with Crippen molar-refractivity contribution in [1.82, 2.24) is 14.5 Å². The van der Waals surface area contributed by atoms with Crippen LogP contribution < -0.4 is 14.8 Å². The highest BCUT2D eigenvalue weighted by Crippen LogP contribution is 2.22. The molecule has 2 aromatic carbocycles. The summed E-state index contributed by atoms with van der Waals surface area (Å²) in [7, 11) is -1.88. The number of aryl methyl sites for hydroxylation is 1. The fourth-order valence-electron chi connectivity index (χ4n) is 3.60. The largest absolute Gasteiger partial charge is 0.494 e. The Morgan fingerprint density at radius 3 is 2.29 bits per heavy atom. The van der Waals surface area contributed by atoms with Crippen molar-refractivity contribution in [2.75, 3.05) is 45.2 Å². The van der Waals surface area contributed by atoms with Crippen molar-refractivity contribution in [3.63, 3.8) is 0 Å². The Balaban J connectivity index is 1.59. The molecule has 0 spiro atoms. The molecule has 1 unspecified atom stereocenters. The van der Waals surface area contributed by atoms with E-state index in [0.717, 1.165) is 13.1 Å². The first-order chi connectivity index (χ1) is 16.1. The quantitative estimate of drug-likeness (QED) is 0.589. The molecule has 0 aliphatic carbocycles. The number of amides is 2. The van der Waals surface area contributed by atoms with Gasteiger partial charge in [-0.25, -0.2) is 8.42 Å². The number of hydrogen-bond donors (Lipinski definition) is 2. The van der Waals surface area contributed by atoms with Gasteiger partial charge in [-0.3, -0.25) is 9.59 Å². The molecule has 0 saturated carbocycles. The van der Waals surface area contributed by atoms with Gasteiger partial charge >= 0.3 is 0 Å². The molecule has 9 nitrogen and oxygen atoms in total. The Kier molecular flexibility index (Phi) is 8.29. The molecule has 0 radical (unpaired) electrons. The molecule has 1 heterocycles. The molecule has 1 aliphatic rings. The average Bonchev–Trinajstić information content (AvgIpc) is 2.80. The molecule has 0 bridgehead atoms. The molecule has 10 heteroatoms. The summed E-state index contributed by atoms with van der Waals surface area (Å²) in [4.78, 5) is 29.3. The van der Waals surface area contributed by atoms with Crippen molar-refractivity contribution in [2.24, 2.45) is 0 Å². The number of nitrogens with one attached hydrogen (secondary N) is 2. The fourth-order valence-corrected chi connectivity index (χ4v) is 4.89. The number of anilines is 1.